The third-order valence-corrected chi connectivity index (χ3v) is 1.81. The third kappa shape index (κ3) is 2.94. The predicted molar refractivity (Wildman–Crippen MR) is 43.0 cm³/mol. The molecule has 0 radical (unpaired) electrons. The van der Waals surface area contributed by atoms with Crippen LogP contribution in [-0.2, 0) is 6.18 Å². The van der Waals surface area contributed by atoms with Crippen LogP contribution in [0.4, 0.5) is 26.3 Å². The second-order valence-electron chi connectivity index (χ2n) is 2.65. The minimum Gasteiger partial charge on any atom is -0.432 e. The number of hydrogen-bond donors (Lipinski definition) is 0. The highest BCUT2D eigenvalue weighted by Gasteiger charge is 2.33. The molecule has 0 aliphatic rings. The molecule has 1 rings (SSSR count). The quantitative estimate of drug-likeness (QED) is 0.731. The second-order valence-corrected chi connectivity index (χ2v) is 3.05. The lowest BCUT2D eigenvalue weighted by atomic mass is 10.2. The van der Waals surface area contributed by atoms with Crippen LogP contribution in [0, 0.1) is 5.82 Å². The topological polar surface area (TPSA) is 9.23 Å². The first-order valence-electron chi connectivity index (χ1n) is 3.73. The summed E-state index contributed by atoms with van der Waals surface area (Å²) in [4.78, 5) is 0. The fourth-order valence-electron chi connectivity index (χ4n) is 0.909. The molecule has 0 saturated carbocycles. The molecule has 1 aromatic carbocycles. The summed E-state index contributed by atoms with van der Waals surface area (Å²) >= 11 is 5.11. The van der Waals surface area contributed by atoms with Crippen molar-refractivity contribution in [3.05, 3.63) is 28.5 Å². The molecule has 0 bridgehead atoms. The summed E-state index contributed by atoms with van der Waals surface area (Å²) in [5.41, 5.74) is -1.37. The molecule has 0 amide bonds. The predicted octanol–water partition coefficient (Wildman–Crippen LogP) is 4.10. The van der Waals surface area contributed by atoms with E-state index in [0.717, 1.165) is 0 Å². The van der Waals surface area contributed by atoms with Gasteiger partial charge in [0.1, 0.15) is 0 Å². The maximum atomic E-state index is 13.0. The van der Waals surface area contributed by atoms with Gasteiger partial charge in [0.25, 0.3) is 0 Å². The van der Waals surface area contributed by atoms with Crippen LogP contribution in [0.5, 0.6) is 5.75 Å². The largest absolute Gasteiger partial charge is 0.432 e. The van der Waals surface area contributed by atoms with E-state index in [4.69, 9.17) is 11.6 Å². The Morgan fingerprint density at radius 1 is 1.19 bits per heavy atom. The zero-order valence-electron chi connectivity index (χ0n) is 7.29. The highest BCUT2D eigenvalue weighted by Crippen LogP contribution is 2.36. The van der Waals surface area contributed by atoms with Gasteiger partial charge in [-0.15, -0.1) is 0 Å². The Hall–Kier alpha value is -1.11. The van der Waals surface area contributed by atoms with Crippen LogP contribution < -0.4 is 4.74 Å². The van der Waals surface area contributed by atoms with Crippen LogP contribution in [-0.4, -0.2) is 6.61 Å². The molecule has 0 aliphatic carbocycles. The number of rotatable bonds is 2. The van der Waals surface area contributed by atoms with E-state index in [0.29, 0.717) is 0 Å². The van der Waals surface area contributed by atoms with E-state index in [1.807, 2.05) is 0 Å². The average molecular weight is 265 g/mol. The van der Waals surface area contributed by atoms with Crippen molar-refractivity contribution in [1.82, 2.24) is 0 Å². The van der Waals surface area contributed by atoms with Crippen LogP contribution in [0.3, 0.4) is 0 Å². The Balaban J connectivity index is 3.22. The number of hydrogen-bond acceptors (Lipinski definition) is 1. The van der Waals surface area contributed by atoms with Crippen molar-refractivity contribution in [2.75, 3.05) is 0 Å². The van der Waals surface area contributed by atoms with E-state index in [-0.39, 0.29) is 12.1 Å². The van der Waals surface area contributed by atoms with E-state index in [1.54, 1.807) is 0 Å². The van der Waals surface area contributed by atoms with Gasteiger partial charge in [-0.25, -0.2) is 4.39 Å². The van der Waals surface area contributed by atoms with Gasteiger partial charge in [0.15, 0.2) is 11.6 Å². The van der Waals surface area contributed by atoms with E-state index in [9.17, 15) is 26.3 Å². The molecule has 90 valence electrons. The van der Waals surface area contributed by atoms with Crippen LogP contribution in [0.2, 0.25) is 5.02 Å². The molecule has 1 nitrogen and oxygen atoms in total. The van der Waals surface area contributed by atoms with Gasteiger partial charge in [0.05, 0.1) is 10.6 Å². The van der Waals surface area contributed by atoms with Crippen LogP contribution in [0.25, 0.3) is 0 Å². The molecule has 0 aliphatic heterocycles. The fourth-order valence-corrected chi connectivity index (χ4v) is 1.12. The summed E-state index contributed by atoms with van der Waals surface area (Å²) in [7, 11) is 0. The highest BCUT2D eigenvalue weighted by molar-refractivity contribution is 6.31. The maximum Gasteiger partial charge on any atom is 0.416 e. The van der Waals surface area contributed by atoms with Crippen LogP contribution in [0.1, 0.15) is 5.56 Å². The van der Waals surface area contributed by atoms with E-state index in [2.05, 4.69) is 4.74 Å². The van der Waals surface area contributed by atoms with Gasteiger partial charge in [0.2, 0.25) is 0 Å². The molecular formula is C8H3ClF6O. The second kappa shape index (κ2) is 4.40. The third-order valence-electron chi connectivity index (χ3n) is 1.54. The standard InChI is InChI=1S/C8H3ClF6O/c9-4-1-3(8(13,14)15)2-5(6(4)10)16-7(11)12/h1-2,7H. The van der Waals surface area contributed by atoms with Gasteiger partial charge >= 0.3 is 12.8 Å². The highest BCUT2D eigenvalue weighted by atomic mass is 35.5. The molecule has 0 spiro atoms. The lowest BCUT2D eigenvalue weighted by Gasteiger charge is -2.11. The first kappa shape index (κ1) is 13.0. The first-order chi connectivity index (χ1) is 7.21. The van der Waals surface area contributed by atoms with Gasteiger partial charge in [-0.05, 0) is 12.1 Å². The van der Waals surface area contributed by atoms with Gasteiger partial charge in [-0.1, -0.05) is 11.6 Å². The van der Waals surface area contributed by atoms with E-state index >= 15 is 0 Å². The van der Waals surface area contributed by atoms with Crippen molar-refractivity contribution in [3.8, 4) is 5.75 Å². The molecule has 16 heavy (non-hydrogen) atoms. The number of halogens is 7. The molecule has 1 aromatic rings. The summed E-state index contributed by atoms with van der Waals surface area (Å²) < 4.78 is 76.6. The van der Waals surface area contributed by atoms with Crippen molar-refractivity contribution >= 4 is 11.6 Å². The summed E-state index contributed by atoms with van der Waals surface area (Å²) in [6.45, 7) is -3.44. The number of alkyl halides is 5. The molecule has 0 heterocycles. The molecule has 0 aromatic heterocycles. The number of ether oxygens (including phenoxy) is 1. The van der Waals surface area contributed by atoms with Gasteiger partial charge in [-0.2, -0.15) is 22.0 Å². The summed E-state index contributed by atoms with van der Waals surface area (Å²) in [6.07, 6.45) is -4.82. The molecule has 0 atom stereocenters. The summed E-state index contributed by atoms with van der Waals surface area (Å²) in [5.74, 6) is -2.70. The van der Waals surface area contributed by atoms with E-state index < -0.39 is 34.9 Å². The van der Waals surface area contributed by atoms with Crippen LogP contribution in [0.15, 0.2) is 12.1 Å². The minimum atomic E-state index is -4.82. The lowest BCUT2D eigenvalue weighted by molar-refractivity contribution is -0.138. The van der Waals surface area contributed by atoms with Crippen molar-refractivity contribution in [2.24, 2.45) is 0 Å². The summed E-state index contributed by atoms with van der Waals surface area (Å²) in [5, 5.41) is -0.939. The van der Waals surface area contributed by atoms with Crippen molar-refractivity contribution < 1.29 is 31.1 Å². The normalized spacial score (nSPS) is 12.0. The first-order valence-corrected chi connectivity index (χ1v) is 4.10. The van der Waals surface area contributed by atoms with E-state index in [1.165, 1.54) is 0 Å². The number of benzene rings is 1. The molecule has 0 N–H and O–H groups in total. The smallest absolute Gasteiger partial charge is 0.416 e. The molecule has 0 saturated heterocycles. The lowest BCUT2D eigenvalue weighted by Crippen LogP contribution is -2.09. The zero-order chi connectivity index (χ0) is 12.5. The minimum absolute atomic E-state index is 0.118. The van der Waals surface area contributed by atoms with Crippen molar-refractivity contribution in [1.29, 1.82) is 0 Å². The Morgan fingerprint density at radius 3 is 2.19 bits per heavy atom. The monoisotopic (exact) mass is 264 g/mol. The molecule has 0 fully saturated rings. The Bertz CT molecular complexity index is 389. The summed E-state index contributed by atoms with van der Waals surface area (Å²) in [6, 6.07) is 0.405. The van der Waals surface area contributed by atoms with Crippen molar-refractivity contribution in [3.63, 3.8) is 0 Å². The van der Waals surface area contributed by atoms with Gasteiger partial charge < -0.3 is 4.74 Å². The molecule has 0 unspecified atom stereocenters. The van der Waals surface area contributed by atoms with Crippen molar-refractivity contribution in [2.45, 2.75) is 12.8 Å². The van der Waals surface area contributed by atoms with Crippen LogP contribution >= 0.6 is 11.6 Å². The van der Waals surface area contributed by atoms with Gasteiger partial charge in [-0.3, -0.25) is 0 Å². The Labute approximate surface area is 90.6 Å². The SMILES string of the molecule is Fc1c(Cl)cc(C(F)(F)F)cc1OC(F)F. The Morgan fingerprint density at radius 2 is 1.75 bits per heavy atom. The zero-order valence-corrected chi connectivity index (χ0v) is 8.04. The average Bonchev–Trinajstić information content (AvgIpc) is 2.10. The fraction of sp³-hybridized carbons (Fsp3) is 0.250. The Kier molecular flexibility index (Phi) is 3.57. The molecule has 8 heteroatoms. The maximum absolute atomic E-state index is 13.0. The van der Waals surface area contributed by atoms with Gasteiger partial charge in [0, 0.05) is 0 Å². The molecular weight excluding hydrogens is 262 g/mol.